The molecule has 2 N–H and O–H groups in total. The predicted molar refractivity (Wildman–Crippen MR) is 71.0 cm³/mol. The van der Waals surface area contributed by atoms with Crippen molar-refractivity contribution in [3.05, 3.63) is 36.4 Å². The summed E-state index contributed by atoms with van der Waals surface area (Å²) in [5.74, 6) is 0.534. The summed E-state index contributed by atoms with van der Waals surface area (Å²) in [7, 11) is 0. The van der Waals surface area contributed by atoms with E-state index in [1.165, 1.54) is 6.42 Å². The molecule has 1 aliphatic carbocycles. The minimum Gasteiger partial charge on any atom is -0.348 e. The number of hydrogen-bond donors (Lipinski definition) is 2. The highest BCUT2D eigenvalue weighted by Crippen LogP contribution is 2.31. The van der Waals surface area contributed by atoms with Crippen LogP contribution < -0.4 is 10.6 Å². The van der Waals surface area contributed by atoms with Crippen molar-refractivity contribution in [2.24, 2.45) is 5.92 Å². The average molecular weight is 256 g/mol. The highest BCUT2D eigenvalue weighted by atomic mass is 16.1. The van der Waals surface area contributed by atoms with Gasteiger partial charge in [0.25, 0.3) is 5.91 Å². The molecule has 1 amide bonds. The fourth-order valence-corrected chi connectivity index (χ4v) is 3.31. The van der Waals surface area contributed by atoms with Crippen molar-refractivity contribution >= 4 is 11.4 Å². The van der Waals surface area contributed by atoms with Crippen LogP contribution in [-0.4, -0.2) is 33.9 Å². The van der Waals surface area contributed by atoms with E-state index in [1.54, 1.807) is 6.33 Å². The molecule has 2 aliphatic rings. The van der Waals surface area contributed by atoms with Crippen LogP contribution >= 0.6 is 0 Å². The molecular weight excluding hydrogens is 240 g/mol. The lowest BCUT2D eigenvalue weighted by atomic mass is 10.0. The van der Waals surface area contributed by atoms with E-state index in [0.29, 0.717) is 23.7 Å². The number of hydrogen-bond acceptors (Lipinski definition) is 3. The Morgan fingerprint density at radius 3 is 3.21 bits per heavy atom. The van der Waals surface area contributed by atoms with Crippen molar-refractivity contribution in [2.45, 2.75) is 24.9 Å². The number of nitrogens with one attached hydrogen (secondary N) is 2. The Bertz CT molecular complexity index is 635. The standard InChI is InChI=1S/C14H16N4O/c19-14(17-12-5-10-4-9(12)7-15-10)13-6-11-2-1-3-18(11)8-16-13/h1-3,6,8-10,12,15H,4-5,7H2,(H,17,19). The predicted octanol–water partition coefficient (Wildman–Crippen LogP) is 0.814. The van der Waals surface area contributed by atoms with Gasteiger partial charge in [0, 0.05) is 30.3 Å². The minimum atomic E-state index is -0.0544. The Hall–Kier alpha value is -1.88. The van der Waals surface area contributed by atoms with Gasteiger partial charge in [0.15, 0.2) is 0 Å². The second-order valence-corrected chi connectivity index (χ2v) is 5.53. The summed E-state index contributed by atoms with van der Waals surface area (Å²) < 4.78 is 1.90. The third kappa shape index (κ3) is 1.81. The van der Waals surface area contributed by atoms with E-state index in [2.05, 4.69) is 15.6 Å². The first-order chi connectivity index (χ1) is 9.29. The maximum atomic E-state index is 12.2. The first kappa shape index (κ1) is 11.0. The lowest BCUT2D eigenvalue weighted by Gasteiger charge is -2.23. The van der Waals surface area contributed by atoms with Crippen LogP contribution in [0.3, 0.4) is 0 Å². The van der Waals surface area contributed by atoms with Gasteiger partial charge in [0.05, 0.1) is 6.33 Å². The van der Waals surface area contributed by atoms with Crippen molar-refractivity contribution in [3.63, 3.8) is 0 Å². The van der Waals surface area contributed by atoms with Gasteiger partial charge in [-0.3, -0.25) is 4.79 Å². The number of carbonyl (C=O) groups excluding carboxylic acids is 1. The van der Waals surface area contributed by atoms with Crippen molar-refractivity contribution in [3.8, 4) is 0 Å². The van der Waals surface area contributed by atoms with Gasteiger partial charge in [-0.2, -0.15) is 0 Å². The molecule has 0 spiro atoms. The zero-order chi connectivity index (χ0) is 12.8. The normalized spacial score (nSPS) is 28.9. The zero-order valence-corrected chi connectivity index (χ0v) is 10.5. The zero-order valence-electron chi connectivity index (χ0n) is 10.5. The smallest absolute Gasteiger partial charge is 0.270 e. The van der Waals surface area contributed by atoms with Gasteiger partial charge in [0.1, 0.15) is 5.69 Å². The van der Waals surface area contributed by atoms with Crippen LogP contribution in [0.5, 0.6) is 0 Å². The first-order valence-electron chi connectivity index (χ1n) is 6.76. The van der Waals surface area contributed by atoms with Crippen LogP contribution in [0.2, 0.25) is 0 Å². The summed E-state index contributed by atoms with van der Waals surface area (Å²) in [4.78, 5) is 16.5. The molecule has 1 aliphatic heterocycles. The Balaban J connectivity index is 1.53. The van der Waals surface area contributed by atoms with E-state index in [9.17, 15) is 4.79 Å². The van der Waals surface area contributed by atoms with Crippen LogP contribution in [0, 0.1) is 5.92 Å². The summed E-state index contributed by atoms with van der Waals surface area (Å²) in [6.07, 6.45) is 5.85. The van der Waals surface area contributed by atoms with Crippen molar-refractivity contribution in [2.75, 3.05) is 6.54 Å². The maximum absolute atomic E-state index is 12.2. The number of fused-ring (bicyclic) bond motifs is 3. The second-order valence-electron chi connectivity index (χ2n) is 5.53. The first-order valence-corrected chi connectivity index (χ1v) is 6.76. The molecule has 2 fully saturated rings. The third-order valence-electron chi connectivity index (χ3n) is 4.33. The largest absolute Gasteiger partial charge is 0.348 e. The maximum Gasteiger partial charge on any atom is 0.270 e. The van der Waals surface area contributed by atoms with Crippen LogP contribution in [-0.2, 0) is 0 Å². The van der Waals surface area contributed by atoms with Gasteiger partial charge < -0.3 is 15.0 Å². The number of aromatic nitrogens is 2. The number of piperidine rings is 1. The highest BCUT2D eigenvalue weighted by molar-refractivity contribution is 5.93. The fraction of sp³-hybridized carbons (Fsp3) is 0.429. The molecule has 5 nitrogen and oxygen atoms in total. The van der Waals surface area contributed by atoms with Gasteiger partial charge in [0.2, 0.25) is 0 Å². The van der Waals surface area contributed by atoms with E-state index in [0.717, 1.165) is 18.5 Å². The monoisotopic (exact) mass is 256 g/mol. The van der Waals surface area contributed by atoms with Crippen LogP contribution in [0.15, 0.2) is 30.7 Å². The van der Waals surface area contributed by atoms with Crippen LogP contribution in [0.4, 0.5) is 0 Å². The van der Waals surface area contributed by atoms with Gasteiger partial charge in [-0.05, 0) is 37.0 Å². The van der Waals surface area contributed by atoms with E-state index in [-0.39, 0.29) is 5.91 Å². The van der Waals surface area contributed by atoms with E-state index in [4.69, 9.17) is 0 Å². The Morgan fingerprint density at radius 1 is 1.47 bits per heavy atom. The van der Waals surface area contributed by atoms with E-state index in [1.807, 2.05) is 28.8 Å². The average Bonchev–Trinajstić information content (AvgIpc) is 3.13. The fourth-order valence-electron chi connectivity index (χ4n) is 3.31. The molecule has 2 aromatic heterocycles. The minimum absolute atomic E-state index is 0.0544. The molecule has 0 aromatic carbocycles. The molecular formula is C14H16N4O. The lowest BCUT2D eigenvalue weighted by Crippen LogP contribution is -2.44. The number of amides is 1. The number of carbonyl (C=O) groups is 1. The molecule has 1 saturated carbocycles. The van der Waals surface area contributed by atoms with Crippen LogP contribution in [0.1, 0.15) is 23.3 Å². The van der Waals surface area contributed by atoms with Crippen molar-refractivity contribution in [1.82, 2.24) is 20.0 Å². The third-order valence-corrected chi connectivity index (χ3v) is 4.33. The molecule has 2 bridgehead atoms. The van der Waals surface area contributed by atoms with Crippen molar-refractivity contribution < 1.29 is 4.79 Å². The lowest BCUT2D eigenvalue weighted by molar-refractivity contribution is 0.0920. The van der Waals surface area contributed by atoms with Crippen LogP contribution in [0.25, 0.3) is 5.52 Å². The Morgan fingerprint density at radius 2 is 2.42 bits per heavy atom. The quantitative estimate of drug-likeness (QED) is 0.836. The molecule has 3 unspecified atom stereocenters. The van der Waals surface area contributed by atoms with Gasteiger partial charge >= 0.3 is 0 Å². The summed E-state index contributed by atoms with van der Waals surface area (Å²) >= 11 is 0. The van der Waals surface area contributed by atoms with Crippen molar-refractivity contribution in [1.29, 1.82) is 0 Å². The molecule has 19 heavy (non-hydrogen) atoms. The van der Waals surface area contributed by atoms with Gasteiger partial charge in [-0.15, -0.1) is 0 Å². The van der Waals surface area contributed by atoms with Gasteiger partial charge in [-0.25, -0.2) is 4.98 Å². The molecule has 3 atom stereocenters. The topological polar surface area (TPSA) is 58.4 Å². The SMILES string of the molecule is O=C(NC1CC2CC1CN2)c1cc2cccn2cn1. The highest BCUT2D eigenvalue weighted by Gasteiger charge is 2.40. The van der Waals surface area contributed by atoms with Gasteiger partial charge in [-0.1, -0.05) is 0 Å². The molecule has 0 radical (unpaired) electrons. The van der Waals surface area contributed by atoms with E-state index < -0.39 is 0 Å². The summed E-state index contributed by atoms with van der Waals surface area (Å²) in [5, 5.41) is 6.58. The number of rotatable bonds is 2. The second kappa shape index (κ2) is 4.06. The van der Waals surface area contributed by atoms with E-state index >= 15 is 0 Å². The number of nitrogens with zero attached hydrogens (tertiary/aromatic N) is 2. The molecule has 98 valence electrons. The molecule has 2 aromatic rings. The molecule has 3 heterocycles. The summed E-state index contributed by atoms with van der Waals surface area (Å²) in [6, 6.07) is 6.65. The molecule has 1 saturated heterocycles. The summed E-state index contributed by atoms with van der Waals surface area (Å²) in [5.41, 5.74) is 1.50. The Kier molecular flexibility index (Phi) is 2.35. The summed E-state index contributed by atoms with van der Waals surface area (Å²) in [6.45, 7) is 1.03. The molecule has 4 rings (SSSR count). The Labute approximate surface area is 111 Å². The molecule has 5 heteroatoms.